The van der Waals surface area contributed by atoms with Crippen LogP contribution < -0.4 is 9.62 Å². The van der Waals surface area contributed by atoms with Crippen LogP contribution in [0.5, 0.6) is 0 Å². The predicted molar refractivity (Wildman–Crippen MR) is 69.6 cm³/mol. The minimum Gasteiger partial charge on any atom is -0.313 e. The molecule has 1 heterocycles. The van der Waals surface area contributed by atoms with Crippen LogP contribution in [0.4, 0.5) is 5.69 Å². The number of nitrogens with zero attached hydrogens (tertiary/aromatic N) is 2. The molecular formula is C11H19N3O2S. The van der Waals surface area contributed by atoms with Gasteiger partial charge < -0.3 is 5.32 Å². The number of rotatable bonds is 6. The lowest BCUT2D eigenvalue weighted by Crippen LogP contribution is -2.35. The summed E-state index contributed by atoms with van der Waals surface area (Å²) in [5.74, 6) is 0.0799. The van der Waals surface area contributed by atoms with E-state index in [1.165, 1.54) is 10.5 Å². The molecule has 0 amide bonds. The van der Waals surface area contributed by atoms with E-state index in [9.17, 15) is 8.42 Å². The second-order valence-corrected chi connectivity index (χ2v) is 6.22. The zero-order valence-corrected chi connectivity index (χ0v) is 11.2. The fraction of sp³-hybridized carbons (Fsp3) is 0.545. The maximum absolute atomic E-state index is 12.0. The summed E-state index contributed by atoms with van der Waals surface area (Å²) in [5, 5.41) is 3.09. The van der Waals surface area contributed by atoms with E-state index in [1.54, 1.807) is 25.4 Å². The standard InChI is InChI=1S/C11H19N3O2S/c1-10(2)13-7-8-17(15,16)14(3)11-5-4-6-12-9-11/h4-6,9-10,13H,7-8H2,1-3H3. The van der Waals surface area contributed by atoms with Gasteiger partial charge in [0.25, 0.3) is 0 Å². The van der Waals surface area contributed by atoms with Crippen LogP contribution in [0.3, 0.4) is 0 Å². The zero-order valence-electron chi connectivity index (χ0n) is 10.4. The van der Waals surface area contributed by atoms with Crippen LogP contribution in [-0.4, -0.2) is 38.8 Å². The van der Waals surface area contributed by atoms with Gasteiger partial charge in [0.2, 0.25) is 10.0 Å². The van der Waals surface area contributed by atoms with Gasteiger partial charge >= 0.3 is 0 Å². The van der Waals surface area contributed by atoms with Crippen LogP contribution in [0, 0.1) is 0 Å². The van der Waals surface area contributed by atoms with Crippen LogP contribution in [-0.2, 0) is 10.0 Å². The Morgan fingerprint density at radius 1 is 1.47 bits per heavy atom. The summed E-state index contributed by atoms with van der Waals surface area (Å²) in [6.07, 6.45) is 3.15. The number of anilines is 1. The fourth-order valence-electron chi connectivity index (χ4n) is 1.31. The lowest BCUT2D eigenvalue weighted by atomic mass is 10.4. The molecule has 96 valence electrons. The summed E-state index contributed by atoms with van der Waals surface area (Å²) in [5.41, 5.74) is 0.581. The second-order valence-electron chi connectivity index (χ2n) is 4.10. The summed E-state index contributed by atoms with van der Waals surface area (Å²) in [6.45, 7) is 4.42. The smallest absolute Gasteiger partial charge is 0.236 e. The third-order valence-corrected chi connectivity index (χ3v) is 4.10. The van der Waals surface area contributed by atoms with Crippen molar-refractivity contribution < 1.29 is 8.42 Å². The summed E-state index contributed by atoms with van der Waals surface area (Å²) in [7, 11) is -1.73. The third kappa shape index (κ3) is 4.32. The Bertz CT molecular complexity index is 431. The number of nitrogens with one attached hydrogen (secondary N) is 1. The highest BCUT2D eigenvalue weighted by atomic mass is 32.2. The van der Waals surface area contributed by atoms with Gasteiger partial charge in [-0.3, -0.25) is 9.29 Å². The Morgan fingerprint density at radius 2 is 2.18 bits per heavy atom. The highest BCUT2D eigenvalue weighted by molar-refractivity contribution is 7.92. The Morgan fingerprint density at radius 3 is 2.71 bits per heavy atom. The Kier molecular flexibility index (Phi) is 4.89. The van der Waals surface area contributed by atoms with E-state index >= 15 is 0 Å². The van der Waals surface area contributed by atoms with E-state index in [2.05, 4.69) is 10.3 Å². The molecule has 0 atom stereocenters. The highest BCUT2D eigenvalue weighted by Crippen LogP contribution is 2.13. The topological polar surface area (TPSA) is 62.3 Å². The molecule has 1 aromatic heterocycles. The molecule has 0 saturated carbocycles. The Balaban J connectivity index is 2.65. The molecule has 6 heteroatoms. The van der Waals surface area contributed by atoms with Gasteiger partial charge in [-0.25, -0.2) is 8.42 Å². The molecule has 1 rings (SSSR count). The van der Waals surface area contributed by atoms with Crippen molar-refractivity contribution in [1.29, 1.82) is 0 Å². The van der Waals surface area contributed by atoms with Gasteiger partial charge in [-0.1, -0.05) is 13.8 Å². The average molecular weight is 257 g/mol. The van der Waals surface area contributed by atoms with Crippen molar-refractivity contribution in [2.24, 2.45) is 0 Å². The molecule has 1 aromatic rings. The molecule has 0 bridgehead atoms. The molecule has 0 aliphatic rings. The molecule has 0 unspecified atom stereocenters. The molecule has 0 spiro atoms. The SMILES string of the molecule is CC(C)NCCS(=O)(=O)N(C)c1cccnc1. The van der Waals surface area contributed by atoms with Gasteiger partial charge in [-0.15, -0.1) is 0 Å². The van der Waals surface area contributed by atoms with E-state index in [1.807, 2.05) is 13.8 Å². The summed E-state index contributed by atoms with van der Waals surface area (Å²) >= 11 is 0. The van der Waals surface area contributed by atoms with Crippen molar-refractivity contribution in [2.45, 2.75) is 19.9 Å². The molecule has 1 N–H and O–H groups in total. The minimum atomic E-state index is -3.28. The summed E-state index contributed by atoms with van der Waals surface area (Å²) in [6, 6.07) is 3.72. The molecule has 0 aromatic carbocycles. The first-order valence-corrected chi connectivity index (χ1v) is 7.14. The van der Waals surface area contributed by atoms with Crippen molar-refractivity contribution in [1.82, 2.24) is 10.3 Å². The molecule has 0 saturated heterocycles. The number of aromatic nitrogens is 1. The van der Waals surface area contributed by atoms with E-state index in [-0.39, 0.29) is 11.8 Å². The molecule has 0 radical (unpaired) electrons. The fourth-order valence-corrected chi connectivity index (χ4v) is 2.39. The Hall–Kier alpha value is -1.14. The van der Waals surface area contributed by atoms with Crippen LogP contribution in [0.1, 0.15) is 13.8 Å². The van der Waals surface area contributed by atoms with Crippen molar-refractivity contribution in [3.05, 3.63) is 24.5 Å². The molecule has 0 fully saturated rings. The molecule has 5 nitrogen and oxygen atoms in total. The van der Waals surface area contributed by atoms with Crippen molar-refractivity contribution in [3.63, 3.8) is 0 Å². The zero-order chi connectivity index (χ0) is 12.9. The van der Waals surface area contributed by atoms with Gasteiger partial charge in [0.05, 0.1) is 17.6 Å². The number of hydrogen-bond donors (Lipinski definition) is 1. The van der Waals surface area contributed by atoms with E-state index in [0.717, 1.165) is 0 Å². The van der Waals surface area contributed by atoms with Crippen LogP contribution in [0.15, 0.2) is 24.5 Å². The van der Waals surface area contributed by atoms with Gasteiger partial charge in [-0.05, 0) is 12.1 Å². The number of hydrogen-bond acceptors (Lipinski definition) is 4. The maximum Gasteiger partial charge on any atom is 0.236 e. The largest absolute Gasteiger partial charge is 0.313 e. The molecule has 17 heavy (non-hydrogen) atoms. The lowest BCUT2D eigenvalue weighted by Gasteiger charge is -2.19. The third-order valence-electron chi connectivity index (χ3n) is 2.34. The lowest BCUT2D eigenvalue weighted by molar-refractivity contribution is 0.577. The Labute approximate surface area is 103 Å². The summed E-state index contributed by atoms with van der Waals surface area (Å²) in [4.78, 5) is 3.91. The normalized spacial score (nSPS) is 11.8. The molecule has 0 aliphatic heterocycles. The van der Waals surface area contributed by atoms with Crippen molar-refractivity contribution in [2.75, 3.05) is 23.7 Å². The minimum absolute atomic E-state index is 0.0799. The predicted octanol–water partition coefficient (Wildman–Crippen LogP) is 0.846. The van der Waals surface area contributed by atoms with Crippen LogP contribution in [0.25, 0.3) is 0 Å². The summed E-state index contributed by atoms with van der Waals surface area (Å²) < 4.78 is 25.2. The highest BCUT2D eigenvalue weighted by Gasteiger charge is 2.17. The number of pyridine rings is 1. The van der Waals surface area contributed by atoms with E-state index < -0.39 is 10.0 Å². The van der Waals surface area contributed by atoms with E-state index in [0.29, 0.717) is 12.2 Å². The average Bonchev–Trinajstić information content (AvgIpc) is 2.28. The van der Waals surface area contributed by atoms with Crippen molar-refractivity contribution >= 4 is 15.7 Å². The first kappa shape index (κ1) is 13.9. The molecular weight excluding hydrogens is 238 g/mol. The van der Waals surface area contributed by atoms with Gasteiger partial charge in [0.1, 0.15) is 0 Å². The first-order chi connectivity index (χ1) is 7.93. The van der Waals surface area contributed by atoms with Gasteiger partial charge in [0.15, 0.2) is 0 Å². The van der Waals surface area contributed by atoms with Gasteiger partial charge in [-0.2, -0.15) is 0 Å². The molecule has 0 aliphatic carbocycles. The quantitative estimate of drug-likeness (QED) is 0.820. The monoisotopic (exact) mass is 257 g/mol. The van der Waals surface area contributed by atoms with Gasteiger partial charge in [0, 0.05) is 25.8 Å². The second kappa shape index (κ2) is 5.97. The van der Waals surface area contributed by atoms with Crippen molar-refractivity contribution in [3.8, 4) is 0 Å². The van der Waals surface area contributed by atoms with Crippen LogP contribution in [0.2, 0.25) is 0 Å². The van der Waals surface area contributed by atoms with Crippen LogP contribution >= 0.6 is 0 Å². The van der Waals surface area contributed by atoms with E-state index in [4.69, 9.17) is 0 Å². The maximum atomic E-state index is 12.0. The first-order valence-electron chi connectivity index (χ1n) is 5.53. The number of sulfonamides is 1.